The molecule has 6 heteroatoms. The van der Waals surface area contributed by atoms with E-state index in [1.165, 1.54) is 22.2 Å². The number of guanidine groups is 1. The predicted octanol–water partition coefficient (Wildman–Crippen LogP) is 3.98. The summed E-state index contributed by atoms with van der Waals surface area (Å²) in [5.74, 6) is 2.94. The van der Waals surface area contributed by atoms with Gasteiger partial charge in [-0.1, -0.05) is 32.0 Å². The van der Waals surface area contributed by atoms with Gasteiger partial charge in [-0.25, -0.2) is 0 Å². The average Bonchev–Trinajstić information content (AvgIpc) is 3.02. The number of aliphatic imine (C=N–C) groups is 1. The Bertz CT molecular complexity index is 698. The summed E-state index contributed by atoms with van der Waals surface area (Å²) >= 11 is 2.10. The molecule has 1 fully saturated rings. The van der Waals surface area contributed by atoms with Gasteiger partial charge in [-0.05, 0) is 24.0 Å². The van der Waals surface area contributed by atoms with Crippen LogP contribution >= 0.6 is 35.7 Å². The number of halogens is 1. The molecule has 2 N–H and O–H groups in total. The van der Waals surface area contributed by atoms with Gasteiger partial charge in [0.15, 0.2) is 5.96 Å². The number of rotatable bonds is 4. The zero-order valence-corrected chi connectivity index (χ0v) is 18.4. The Hall–Kier alpha value is -0.890. The Labute approximate surface area is 172 Å². The van der Waals surface area contributed by atoms with Crippen molar-refractivity contribution in [2.75, 3.05) is 32.4 Å². The van der Waals surface area contributed by atoms with Gasteiger partial charge in [0.05, 0.1) is 0 Å². The molecule has 1 unspecified atom stereocenters. The van der Waals surface area contributed by atoms with E-state index in [9.17, 15) is 0 Å². The third kappa shape index (κ3) is 5.06. The van der Waals surface area contributed by atoms with Crippen LogP contribution in [0.15, 0.2) is 35.5 Å². The van der Waals surface area contributed by atoms with E-state index >= 15 is 0 Å². The lowest BCUT2D eigenvalue weighted by atomic mass is 10.1. The fraction of sp³-hybridized carbons (Fsp3) is 0.526. The number of aromatic amines is 1. The zero-order valence-electron chi connectivity index (χ0n) is 15.3. The Morgan fingerprint density at radius 1 is 1.40 bits per heavy atom. The first kappa shape index (κ1) is 20.4. The van der Waals surface area contributed by atoms with Gasteiger partial charge in [0.25, 0.3) is 0 Å². The molecule has 1 aromatic heterocycles. The average molecular weight is 472 g/mol. The number of nitrogens with zero attached hydrogens (tertiary/aromatic N) is 2. The lowest BCUT2D eigenvalue weighted by molar-refractivity contribution is 0.381. The monoisotopic (exact) mass is 472 g/mol. The number of para-hydroxylation sites is 1. The van der Waals surface area contributed by atoms with E-state index in [0.717, 1.165) is 32.0 Å². The van der Waals surface area contributed by atoms with Crippen LogP contribution in [-0.4, -0.2) is 53.5 Å². The van der Waals surface area contributed by atoms with E-state index in [1.807, 2.05) is 7.05 Å². The molecule has 1 aromatic carbocycles. The minimum atomic E-state index is 0. The largest absolute Gasteiger partial charge is 0.361 e. The maximum Gasteiger partial charge on any atom is 0.193 e. The second-order valence-electron chi connectivity index (χ2n) is 6.68. The topological polar surface area (TPSA) is 43.4 Å². The van der Waals surface area contributed by atoms with Crippen LogP contribution in [0.3, 0.4) is 0 Å². The zero-order chi connectivity index (χ0) is 16.9. The summed E-state index contributed by atoms with van der Waals surface area (Å²) in [4.78, 5) is 10.3. The fourth-order valence-electron chi connectivity index (χ4n) is 3.25. The third-order valence-corrected chi connectivity index (χ3v) is 6.24. The molecule has 0 spiro atoms. The number of fused-ring (bicyclic) bond motifs is 1. The SMILES string of the molecule is CN=C(NCCc1c[nH]c2ccccc12)N1CCSC(C(C)C)C1.I. The standard InChI is InChI=1S/C19H28N4S.HI/c1-14(2)18-13-23(10-11-24-18)19(20-3)21-9-8-15-12-22-17-7-5-4-6-16(15)17;/h4-7,12,14,18,22H,8-11,13H2,1-3H3,(H,20,21);1H. The number of aromatic nitrogens is 1. The van der Waals surface area contributed by atoms with Crippen LogP contribution in [-0.2, 0) is 6.42 Å². The van der Waals surface area contributed by atoms with Crippen molar-refractivity contribution in [3.05, 3.63) is 36.0 Å². The van der Waals surface area contributed by atoms with Crippen molar-refractivity contribution < 1.29 is 0 Å². The number of hydrogen-bond acceptors (Lipinski definition) is 2. The van der Waals surface area contributed by atoms with Gasteiger partial charge < -0.3 is 15.2 Å². The van der Waals surface area contributed by atoms with Gasteiger partial charge in [0, 0.05) is 54.8 Å². The molecule has 2 aromatic rings. The second kappa shape index (κ2) is 9.71. The van der Waals surface area contributed by atoms with Gasteiger partial charge in [0.2, 0.25) is 0 Å². The highest BCUT2D eigenvalue weighted by Gasteiger charge is 2.24. The molecule has 4 nitrogen and oxygen atoms in total. The second-order valence-corrected chi connectivity index (χ2v) is 8.03. The van der Waals surface area contributed by atoms with Crippen molar-refractivity contribution in [3.63, 3.8) is 0 Å². The molecular weight excluding hydrogens is 443 g/mol. The maximum absolute atomic E-state index is 4.50. The van der Waals surface area contributed by atoms with Gasteiger partial charge in [0.1, 0.15) is 0 Å². The summed E-state index contributed by atoms with van der Waals surface area (Å²) in [6, 6.07) is 8.49. The summed E-state index contributed by atoms with van der Waals surface area (Å²) in [5.41, 5.74) is 2.58. The summed E-state index contributed by atoms with van der Waals surface area (Å²) < 4.78 is 0. The van der Waals surface area contributed by atoms with Crippen molar-refractivity contribution in [3.8, 4) is 0 Å². The molecular formula is C19H29IN4S. The van der Waals surface area contributed by atoms with Crippen molar-refractivity contribution in [1.82, 2.24) is 15.2 Å². The third-order valence-electron chi connectivity index (χ3n) is 4.70. The Morgan fingerprint density at radius 2 is 2.20 bits per heavy atom. The molecule has 25 heavy (non-hydrogen) atoms. The Balaban J connectivity index is 0.00000225. The Kier molecular flexibility index (Phi) is 7.93. The van der Waals surface area contributed by atoms with E-state index < -0.39 is 0 Å². The summed E-state index contributed by atoms with van der Waals surface area (Å²) in [5, 5.41) is 5.58. The van der Waals surface area contributed by atoms with E-state index in [2.05, 4.69) is 76.3 Å². The molecule has 0 bridgehead atoms. The van der Waals surface area contributed by atoms with Crippen LogP contribution in [0.2, 0.25) is 0 Å². The maximum atomic E-state index is 4.50. The quantitative estimate of drug-likeness (QED) is 0.402. The molecule has 0 saturated carbocycles. The summed E-state index contributed by atoms with van der Waals surface area (Å²) in [6.45, 7) is 7.71. The molecule has 2 heterocycles. The molecule has 1 saturated heterocycles. The molecule has 1 aliphatic rings. The van der Waals surface area contributed by atoms with Crippen molar-refractivity contribution in [2.45, 2.75) is 25.5 Å². The molecule has 138 valence electrons. The van der Waals surface area contributed by atoms with Crippen molar-refractivity contribution in [1.29, 1.82) is 0 Å². The van der Waals surface area contributed by atoms with Gasteiger partial charge in [-0.2, -0.15) is 11.8 Å². The predicted molar refractivity (Wildman–Crippen MR) is 121 cm³/mol. The number of benzene rings is 1. The highest BCUT2D eigenvalue weighted by molar-refractivity contribution is 14.0. The fourth-order valence-corrected chi connectivity index (χ4v) is 4.55. The van der Waals surface area contributed by atoms with Crippen LogP contribution in [0.25, 0.3) is 10.9 Å². The smallest absolute Gasteiger partial charge is 0.193 e. The number of thioether (sulfide) groups is 1. The normalized spacial score (nSPS) is 18.5. The van der Waals surface area contributed by atoms with Crippen LogP contribution < -0.4 is 5.32 Å². The van der Waals surface area contributed by atoms with E-state index in [-0.39, 0.29) is 24.0 Å². The van der Waals surface area contributed by atoms with Crippen molar-refractivity contribution in [2.24, 2.45) is 10.9 Å². The van der Waals surface area contributed by atoms with Crippen LogP contribution in [0.5, 0.6) is 0 Å². The molecule has 3 rings (SSSR count). The first-order chi connectivity index (χ1) is 11.7. The lowest BCUT2D eigenvalue weighted by Crippen LogP contribution is -2.49. The first-order valence-electron chi connectivity index (χ1n) is 8.81. The van der Waals surface area contributed by atoms with Gasteiger partial charge in [-0.3, -0.25) is 4.99 Å². The van der Waals surface area contributed by atoms with Crippen LogP contribution in [0.4, 0.5) is 0 Å². The number of H-pyrrole nitrogens is 1. The summed E-state index contributed by atoms with van der Waals surface area (Å²) in [7, 11) is 1.89. The van der Waals surface area contributed by atoms with E-state index in [4.69, 9.17) is 0 Å². The molecule has 0 aliphatic carbocycles. The highest BCUT2D eigenvalue weighted by atomic mass is 127. The van der Waals surface area contributed by atoms with Crippen molar-refractivity contribution >= 4 is 52.6 Å². The van der Waals surface area contributed by atoms with Crippen LogP contribution in [0.1, 0.15) is 19.4 Å². The first-order valence-corrected chi connectivity index (χ1v) is 9.86. The molecule has 1 aliphatic heterocycles. The molecule has 1 atom stereocenters. The van der Waals surface area contributed by atoms with Gasteiger partial charge >= 0.3 is 0 Å². The van der Waals surface area contributed by atoms with Gasteiger partial charge in [-0.15, -0.1) is 24.0 Å². The Morgan fingerprint density at radius 3 is 2.96 bits per heavy atom. The number of nitrogens with one attached hydrogen (secondary N) is 2. The molecule has 0 amide bonds. The summed E-state index contributed by atoms with van der Waals surface area (Å²) in [6.07, 6.45) is 3.13. The van der Waals surface area contributed by atoms with E-state index in [1.54, 1.807) is 0 Å². The minimum Gasteiger partial charge on any atom is -0.361 e. The highest BCUT2D eigenvalue weighted by Crippen LogP contribution is 2.25. The lowest BCUT2D eigenvalue weighted by Gasteiger charge is -2.36. The number of hydrogen-bond donors (Lipinski definition) is 2. The molecule has 0 radical (unpaired) electrons. The minimum absolute atomic E-state index is 0. The van der Waals surface area contributed by atoms with Crippen LogP contribution in [0, 0.1) is 5.92 Å². The van der Waals surface area contributed by atoms with E-state index in [0.29, 0.717) is 11.2 Å².